The Balaban J connectivity index is 2.32. The molecule has 0 aromatic heterocycles. The summed E-state index contributed by atoms with van der Waals surface area (Å²) in [5.74, 6) is 0.363. The van der Waals surface area contributed by atoms with Crippen LogP contribution in [0.25, 0.3) is 0 Å². The minimum atomic E-state index is -0.479. The van der Waals surface area contributed by atoms with Gasteiger partial charge < -0.3 is 19.5 Å². The van der Waals surface area contributed by atoms with Crippen LogP contribution in [0.3, 0.4) is 0 Å². The Kier molecular flexibility index (Phi) is 9.82. The fourth-order valence-corrected chi connectivity index (χ4v) is 3.64. The number of cyclic esters (lactones) is 1. The molecule has 1 atom stereocenters. The van der Waals surface area contributed by atoms with Crippen LogP contribution in [0.4, 0.5) is 0 Å². The van der Waals surface area contributed by atoms with Crippen molar-refractivity contribution in [3.05, 3.63) is 23.3 Å². The molecular weight excluding hydrogens is 398 g/mol. The molecule has 0 saturated carbocycles. The smallest absolute Gasteiger partial charge is 0.342 e. The zero-order valence-electron chi connectivity index (χ0n) is 19.1. The second kappa shape index (κ2) is 12.3. The minimum absolute atomic E-state index is 0.00676. The van der Waals surface area contributed by atoms with Crippen molar-refractivity contribution in [2.45, 2.75) is 84.3 Å². The van der Waals surface area contributed by atoms with Gasteiger partial charge in [0.2, 0.25) is 0 Å². The molecule has 1 aliphatic rings. The van der Waals surface area contributed by atoms with Crippen LogP contribution in [0, 0.1) is 0 Å². The number of benzene rings is 1. The molecule has 0 fully saturated rings. The van der Waals surface area contributed by atoms with Crippen molar-refractivity contribution in [2.24, 2.45) is 0 Å². The lowest BCUT2D eigenvalue weighted by atomic mass is 9.98. The van der Waals surface area contributed by atoms with Crippen LogP contribution >= 0.6 is 0 Å². The van der Waals surface area contributed by atoms with E-state index in [1.165, 1.54) is 0 Å². The van der Waals surface area contributed by atoms with E-state index in [1.807, 2.05) is 26.8 Å². The lowest BCUT2D eigenvalue weighted by Crippen LogP contribution is -2.34. The van der Waals surface area contributed by atoms with Gasteiger partial charge in [-0.15, -0.1) is 0 Å². The molecular formula is C24H35NO6. The maximum atomic E-state index is 13.1. The van der Waals surface area contributed by atoms with Gasteiger partial charge in [-0.2, -0.15) is 0 Å². The van der Waals surface area contributed by atoms with Gasteiger partial charge >= 0.3 is 5.97 Å². The normalized spacial score (nSPS) is 18.5. The number of nitrogens with one attached hydrogen (secondary N) is 1. The van der Waals surface area contributed by atoms with Crippen LogP contribution < -0.4 is 14.8 Å². The third-order valence-electron chi connectivity index (χ3n) is 5.18. The van der Waals surface area contributed by atoms with Crippen LogP contribution in [0.2, 0.25) is 0 Å². The number of rotatable bonds is 5. The van der Waals surface area contributed by atoms with Gasteiger partial charge in [0, 0.05) is 24.9 Å². The number of carbonyl (C=O) groups excluding carboxylic acids is 3. The van der Waals surface area contributed by atoms with Crippen molar-refractivity contribution in [3.63, 3.8) is 0 Å². The predicted octanol–water partition coefficient (Wildman–Crippen LogP) is 4.00. The van der Waals surface area contributed by atoms with Crippen LogP contribution in [0.15, 0.2) is 12.1 Å². The molecule has 0 radical (unpaired) electrons. The number of Topliss-reactive ketones (excluding diaryl/α,β-unsaturated/α-hetero) is 1. The average Bonchev–Trinajstić information content (AvgIpc) is 2.70. The second-order valence-corrected chi connectivity index (χ2v) is 8.38. The lowest BCUT2D eigenvalue weighted by molar-refractivity contribution is -0.123. The topological polar surface area (TPSA) is 90.9 Å². The quantitative estimate of drug-likeness (QED) is 0.706. The number of ether oxygens (including phenoxy) is 3. The molecule has 1 aromatic carbocycles. The van der Waals surface area contributed by atoms with Gasteiger partial charge in [-0.25, -0.2) is 4.79 Å². The molecule has 1 aliphatic heterocycles. The summed E-state index contributed by atoms with van der Waals surface area (Å²) < 4.78 is 16.8. The molecule has 0 spiro atoms. The van der Waals surface area contributed by atoms with Crippen molar-refractivity contribution in [2.75, 3.05) is 13.7 Å². The Bertz CT molecular complexity index is 774. The molecule has 0 bridgehead atoms. The van der Waals surface area contributed by atoms with Crippen LogP contribution in [-0.2, 0) is 20.7 Å². The Hall–Kier alpha value is -2.57. The molecule has 7 heteroatoms. The molecule has 1 aromatic rings. The van der Waals surface area contributed by atoms with Gasteiger partial charge in [0.1, 0.15) is 22.8 Å². The number of carbonyl (C=O) groups is 3. The van der Waals surface area contributed by atoms with E-state index >= 15 is 0 Å². The third kappa shape index (κ3) is 8.23. The van der Waals surface area contributed by atoms with E-state index in [2.05, 4.69) is 5.32 Å². The first-order chi connectivity index (χ1) is 14.8. The standard InChI is InChI=1S/C24H35NO6/c1-16(2)25-22(27)15-30-21-14-20(29-4)13-18-10-6-5-7-11-19(26)12-8-9-17(3)31-24(28)23(18)21/h13-14,16-17H,5-12,15H2,1-4H3,(H,25,27)/t17-/m1/s1. The summed E-state index contributed by atoms with van der Waals surface area (Å²) in [7, 11) is 1.55. The summed E-state index contributed by atoms with van der Waals surface area (Å²) in [6.07, 6.45) is 5.29. The number of hydrogen-bond acceptors (Lipinski definition) is 6. The second-order valence-electron chi connectivity index (χ2n) is 8.38. The predicted molar refractivity (Wildman–Crippen MR) is 118 cm³/mol. The largest absolute Gasteiger partial charge is 0.497 e. The fourth-order valence-electron chi connectivity index (χ4n) is 3.64. The zero-order valence-corrected chi connectivity index (χ0v) is 19.1. The van der Waals surface area contributed by atoms with Crippen LogP contribution in [-0.4, -0.2) is 43.5 Å². The van der Waals surface area contributed by atoms with Crippen LogP contribution in [0.5, 0.6) is 11.5 Å². The minimum Gasteiger partial charge on any atom is -0.497 e. The number of methoxy groups -OCH3 is 1. The molecule has 2 rings (SSSR count). The van der Waals surface area contributed by atoms with Crippen molar-refractivity contribution in [1.29, 1.82) is 0 Å². The van der Waals surface area contributed by atoms with Gasteiger partial charge in [-0.05, 0) is 64.5 Å². The van der Waals surface area contributed by atoms with E-state index in [1.54, 1.807) is 13.2 Å². The lowest BCUT2D eigenvalue weighted by Gasteiger charge is -2.19. The van der Waals surface area contributed by atoms with Crippen molar-refractivity contribution in [3.8, 4) is 11.5 Å². The Morgan fingerprint density at radius 3 is 2.55 bits per heavy atom. The summed E-state index contributed by atoms with van der Waals surface area (Å²) in [6.45, 7) is 5.36. The highest BCUT2D eigenvalue weighted by Crippen LogP contribution is 2.32. The SMILES string of the molecule is COc1cc2c(c(OCC(=O)NC(C)C)c1)C(=O)O[C@H](C)CCCC(=O)CCCCC2. The monoisotopic (exact) mass is 433 g/mol. The number of hydrogen-bond donors (Lipinski definition) is 1. The van der Waals surface area contributed by atoms with E-state index in [0.717, 1.165) is 24.8 Å². The van der Waals surface area contributed by atoms with Crippen LogP contribution in [0.1, 0.15) is 81.6 Å². The van der Waals surface area contributed by atoms with Crippen molar-refractivity contribution in [1.82, 2.24) is 5.32 Å². The molecule has 1 N–H and O–H groups in total. The molecule has 0 unspecified atom stereocenters. The summed E-state index contributed by atoms with van der Waals surface area (Å²) in [6, 6.07) is 3.43. The van der Waals surface area contributed by atoms with Crippen molar-refractivity contribution >= 4 is 17.7 Å². The van der Waals surface area contributed by atoms with Gasteiger partial charge in [0.15, 0.2) is 6.61 Å². The molecule has 0 saturated heterocycles. The summed E-state index contributed by atoms with van der Waals surface area (Å²) in [5, 5.41) is 2.77. The van der Waals surface area contributed by atoms with Gasteiger partial charge in [0.05, 0.1) is 13.2 Å². The first kappa shape index (κ1) is 24.7. The molecule has 0 aliphatic carbocycles. The average molecular weight is 434 g/mol. The zero-order chi connectivity index (χ0) is 22.8. The molecule has 31 heavy (non-hydrogen) atoms. The molecule has 172 valence electrons. The van der Waals surface area contributed by atoms with Gasteiger partial charge in [-0.3, -0.25) is 9.59 Å². The van der Waals surface area contributed by atoms with Gasteiger partial charge in [-0.1, -0.05) is 6.42 Å². The van der Waals surface area contributed by atoms with Crippen molar-refractivity contribution < 1.29 is 28.6 Å². The first-order valence-corrected chi connectivity index (χ1v) is 11.2. The van der Waals surface area contributed by atoms with E-state index in [-0.39, 0.29) is 36.2 Å². The van der Waals surface area contributed by atoms with Gasteiger partial charge in [0.25, 0.3) is 5.91 Å². The Morgan fingerprint density at radius 2 is 1.84 bits per heavy atom. The van der Waals surface area contributed by atoms with E-state index in [9.17, 15) is 14.4 Å². The Labute approximate surface area is 184 Å². The molecule has 7 nitrogen and oxygen atoms in total. The van der Waals surface area contributed by atoms with E-state index in [4.69, 9.17) is 14.2 Å². The molecule has 1 amide bonds. The summed E-state index contributed by atoms with van der Waals surface area (Å²) in [4.78, 5) is 37.1. The summed E-state index contributed by atoms with van der Waals surface area (Å²) >= 11 is 0. The van der Waals surface area contributed by atoms with E-state index in [0.29, 0.717) is 43.4 Å². The number of esters is 1. The number of aryl methyl sites for hydroxylation is 1. The highest BCUT2D eigenvalue weighted by molar-refractivity contribution is 5.95. The number of ketones is 1. The maximum Gasteiger partial charge on any atom is 0.342 e. The third-order valence-corrected chi connectivity index (χ3v) is 5.18. The van der Waals surface area contributed by atoms with E-state index < -0.39 is 5.97 Å². The maximum absolute atomic E-state index is 13.1. The summed E-state index contributed by atoms with van der Waals surface area (Å²) in [5.41, 5.74) is 1.11. The first-order valence-electron chi connectivity index (χ1n) is 11.2. The fraction of sp³-hybridized carbons (Fsp3) is 0.625. The highest BCUT2D eigenvalue weighted by Gasteiger charge is 2.24. The highest BCUT2D eigenvalue weighted by atomic mass is 16.5. The number of amides is 1. The Morgan fingerprint density at radius 1 is 1.13 bits per heavy atom. The number of fused-ring (bicyclic) bond motifs is 1. The molecule has 1 heterocycles.